The van der Waals surface area contributed by atoms with E-state index in [9.17, 15) is 4.79 Å². The predicted octanol–water partition coefficient (Wildman–Crippen LogP) is 3.68. The van der Waals surface area contributed by atoms with Crippen LogP contribution in [-0.2, 0) is 0 Å². The molecule has 1 aliphatic carbocycles. The molecule has 1 atom stereocenters. The van der Waals surface area contributed by atoms with E-state index in [2.05, 4.69) is 10.8 Å². The number of nitrogens with zero attached hydrogens (tertiary/aromatic N) is 3. The zero-order chi connectivity index (χ0) is 15.8. The Morgan fingerprint density at radius 1 is 1.39 bits per heavy atom. The number of aromatic nitrogens is 2. The first kappa shape index (κ1) is 14.8. The fourth-order valence-electron chi connectivity index (χ4n) is 3.61. The van der Waals surface area contributed by atoms with Gasteiger partial charge in [0.25, 0.3) is 5.91 Å². The Hall–Kier alpha value is -1.80. The van der Waals surface area contributed by atoms with Crippen LogP contribution in [0.2, 0.25) is 0 Å². The maximum absolute atomic E-state index is 13.3. The van der Waals surface area contributed by atoms with Crippen molar-refractivity contribution in [3.63, 3.8) is 0 Å². The van der Waals surface area contributed by atoms with Crippen LogP contribution in [0.25, 0.3) is 4.96 Å². The Morgan fingerprint density at radius 2 is 2.26 bits per heavy atom. The number of thiazole rings is 1. The second-order valence-electron chi connectivity index (χ2n) is 6.57. The first-order chi connectivity index (χ1) is 11.3. The Kier molecular flexibility index (Phi) is 3.86. The van der Waals surface area contributed by atoms with Crippen molar-refractivity contribution in [1.29, 1.82) is 0 Å². The van der Waals surface area contributed by atoms with E-state index < -0.39 is 0 Å². The lowest BCUT2D eigenvalue weighted by molar-refractivity contribution is 0.0595. The molecule has 0 spiro atoms. The van der Waals surface area contributed by atoms with E-state index in [4.69, 9.17) is 11.4 Å². The monoisotopic (exact) mass is 327 g/mol. The van der Waals surface area contributed by atoms with Gasteiger partial charge in [-0.15, -0.1) is 23.7 Å². The number of hydrogen-bond donors (Lipinski definition) is 0. The van der Waals surface area contributed by atoms with E-state index in [0.29, 0.717) is 5.92 Å². The van der Waals surface area contributed by atoms with Crippen molar-refractivity contribution in [2.75, 3.05) is 6.54 Å². The molecule has 0 N–H and O–H groups in total. The molecule has 120 valence electrons. The van der Waals surface area contributed by atoms with E-state index in [1.54, 1.807) is 11.3 Å². The fourth-order valence-corrected chi connectivity index (χ4v) is 4.33. The van der Waals surface area contributed by atoms with Crippen LogP contribution in [0.1, 0.15) is 67.0 Å². The minimum Gasteiger partial charge on any atom is -0.334 e. The molecule has 4 rings (SSSR count). The number of carbonyl (C=O) groups is 1. The number of fused-ring (bicyclic) bond motifs is 1. The van der Waals surface area contributed by atoms with Gasteiger partial charge in [0, 0.05) is 36.5 Å². The second-order valence-corrected chi connectivity index (χ2v) is 7.44. The van der Waals surface area contributed by atoms with Crippen molar-refractivity contribution in [2.24, 2.45) is 0 Å². The molecule has 1 aliphatic heterocycles. The molecule has 2 aromatic heterocycles. The van der Waals surface area contributed by atoms with Crippen molar-refractivity contribution < 1.29 is 4.79 Å². The van der Waals surface area contributed by atoms with Crippen LogP contribution < -0.4 is 0 Å². The number of amides is 1. The van der Waals surface area contributed by atoms with Gasteiger partial charge in [0.15, 0.2) is 4.96 Å². The quantitative estimate of drug-likeness (QED) is 0.803. The van der Waals surface area contributed by atoms with E-state index >= 15 is 0 Å². The maximum atomic E-state index is 13.3. The molecule has 0 radical (unpaired) electrons. The van der Waals surface area contributed by atoms with Gasteiger partial charge in [0.2, 0.25) is 0 Å². The van der Waals surface area contributed by atoms with E-state index in [1.165, 1.54) is 6.42 Å². The zero-order valence-electron chi connectivity index (χ0n) is 13.2. The fraction of sp³-hybridized carbons (Fsp3) is 0.556. The van der Waals surface area contributed by atoms with Crippen LogP contribution in [0, 0.1) is 12.3 Å². The summed E-state index contributed by atoms with van der Waals surface area (Å²) in [5, 5.41) is 2.00. The summed E-state index contributed by atoms with van der Waals surface area (Å²) in [5.74, 6) is 3.35. The third-order valence-electron chi connectivity index (χ3n) is 4.97. The highest BCUT2D eigenvalue weighted by Gasteiger charge is 2.36. The van der Waals surface area contributed by atoms with Gasteiger partial charge < -0.3 is 4.90 Å². The van der Waals surface area contributed by atoms with Crippen LogP contribution in [0.5, 0.6) is 0 Å². The lowest BCUT2D eigenvalue weighted by atomic mass is 9.97. The maximum Gasteiger partial charge on any atom is 0.273 e. The number of terminal acetylenes is 1. The highest BCUT2D eigenvalue weighted by molar-refractivity contribution is 7.15. The Morgan fingerprint density at radius 3 is 3.04 bits per heavy atom. The van der Waals surface area contributed by atoms with Gasteiger partial charge in [-0.05, 0) is 38.5 Å². The molecule has 2 aliphatic rings. The van der Waals surface area contributed by atoms with Crippen LogP contribution in [0.15, 0.2) is 11.6 Å². The first-order valence-corrected chi connectivity index (χ1v) is 9.37. The summed E-state index contributed by atoms with van der Waals surface area (Å²) >= 11 is 1.60. The summed E-state index contributed by atoms with van der Waals surface area (Å²) in [6.45, 7) is 0.843. The van der Waals surface area contributed by atoms with Crippen molar-refractivity contribution in [2.45, 2.75) is 56.9 Å². The molecule has 1 amide bonds. The summed E-state index contributed by atoms with van der Waals surface area (Å²) in [7, 11) is 0. The minimum absolute atomic E-state index is 0.152. The molecule has 2 aromatic rings. The molecule has 5 heteroatoms. The summed E-state index contributed by atoms with van der Waals surface area (Å²) in [6.07, 6.45) is 14.7. The molecule has 1 saturated carbocycles. The number of hydrogen-bond acceptors (Lipinski definition) is 3. The molecule has 1 unspecified atom stereocenters. The normalized spacial score (nSPS) is 21.5. The van der Waals surface area contributed by atoms with E-state index in [-0.39, 0.29) is 11.9 Å². The number of likely N-dealkylation sites (tertiary alicyclic amines) is 1. The largest absolute Gasteiger partial charge is 0.334 e. The lowest BCUT2D eigenvalue weighted by Gasteiger charge is -2.35. The topological polar surface area (TPSA) is 37.6 Å². The minimum atomic E-state index is 0.152. The smallest absolute Gasteiger partial charge is 0.273 e. The van der Waals surface area contributed by atoms with Crippen molar-refractivity contribution in [1.82, 2.24) is 14.3 Å². The summed E-state index contributed by atoms with van der Waals surface area (Å²) in [6, 6.07) is 0.281. The van der Waals surface area contributed by atoms with Gasteiger partial charge >= 0.3 is 0 Å². The van der Waals surface area contributed by atoms with E-state index in [0.717, 1.165) is 61.4 Å². The molecule has 1 saturated heterocycles. The summed E-state index contributed by atoms with van der Waals surface area (Å²) in [5.41, 5.74) is 1.82. The predicted molar refractivity (Wildman–Crippen MR) is 91.8 cm³/mol. The van der Waals surface area contributed by atoms with Gasteiger partial charge in [-0.1, -0.05) is 0 Å². The summed E-state index contributed by atoms with van der Waals surface area (Å²) < 4.78 is 1.99. The third kappa shape index (κ3) is 2.66. The molecule has 23 heavy (non-hydrogen) atoms. The molecule has 3 heterocycles. The van der Waals surface area contributed by atoms with Crippen LogP contribution >= 0.6 is 11.3 Å². The molecule has 0 aromatic carbocycles. The standard InChI is InChI=1S/C18H21N3OS/c1-2-3-6-14-7-4-5-10-20(14)17(22)16-15(13-8-9-13)19-18-21(16)11-12-23-18/h1,11-14H,3-10H2. The molecular weight excluding hydrogens is 306 g/mol. The highest BCUT2D eigenvalue weighted by atomic mass is 32.1. The van der Waals surface area contributed by atoms with Gasteiger partial charge in [0.1, 0.15) is 5.69 Å². The highest BCUT2D eigenvalue weighted by Crippen LogP contribution is 2.42. The molecule has 0 bridgehead atoms. The van der Waals surface area contributed by atoms with Crippen molar-refractivity contribution in [3.05, 3.63) is 23.0 Å². The number of rotatable bonds is 4. The van der Waals surface area contributed by atoms with Gasteiger partial charge in [-0.25, -0.2) is 4.98 Å². The zero-order valence-corrected chi connectivity index (χ0v) is 14.0. The molecule has 2 fully saturated rings. The number of carbonyl (C=O) groups excluding carboxylic acids is 1. The van der Waals surface area contributed by atoms with Crippen molar-refractivity contribution in [3.8, 4) is 12.3 Å². The Balaban J connectivity index is 1.68. The average Bonchev–Trinajstić information content (AvgIpc) is 3.21. The number of piperidine rings is 1. The van der Waals surface area contributed by atoms with Gasteiger partial charge in [0.05, 0.1) is 5.69 Å². The van der Waals surface area contributed by atoms with Crippen molar-refractivity contribution >= 4 is 22.2 Å². The van der Waals surface area contributed by atoms with Crippen LogP contribution in [0.3, 0.4) is 0 Å². The van der Waals surface area contributed by atoms with E-state index in [1.807, 2.05) is 16.0 Å². The van der Waals surface area contributed by atoms with Crippen LogP contribution in [-0.4, -0.2) is 32.8 Å². The lowest BCUT2D eigenvalue weighted by Crippen LogP contribution is -2.44. The second kappa shape index (κ2) is 6.01. The average molecular weight is 327 g/mol. The van der Waals surface area contributed by atoms with Crippen LogP contribution in [0.4, 0.5) is 0 Å². The summed E-state index contributed by atoms with van der Waals surface area (Å²) in [4.78, 5) is 21.1. The molecular formula is C18H21N3OS. The van der Waals surface area contributed by atoms with Gasteiger partial charge in [-0.3, -0.25) is 9.20 Å². The van der Waals surface area contributed by atoms with Gasteiger partial charge in [-0.2, -0.15) is 0 Å². The first-order valence-electron chi connectivity index (χ1n) is 8.49. The number of imidazole rings is 1. The molecule has 4 nitrogen and oxygen atoms in total. The Labute approximate surface area is 140 Å². The Bertz CT molecular complexity index is 765. The third-order valence-corrected chi connectivity index (χ3v) is 5.72. The SMILES string of the molecule is C#CCCC1CCCCN1C(=O)c1c(C2CC2)nc2sccn12.